The van der Waals surface area contributed by atoms with Gasteiger partial charge in [-0.15, -0.1) is 11.3 Å². The largest absolute Gasteiger partial charge is 0.478 e. The highest BCUT2D eigenvalue weighted by Crippen LogP contribution is 2.14. The molecule has 0 saturated carbocycles. The van der Waals surface area contributed by atoms with E-state index < -0.39 is 5.97 Å². The van der Waals surface area contributed by atoms with Crippen molar-refractivity contribution in [1.29, 1.82) is 0 Å². The SMILES string of the molecule is Cc1oc(CNC(=O)Cc2cccs2)cc1C(=O)O. The van der Waals surface area contributed by atoms with Crippen molar-refractivity contribution in [3.05, 3.63) is 45.5 Å². The first-order valence-electron chi connectivity index (χ1n) is 5.68. The Labute approximate surface area is 113 Å². The summed E-state index contributed by atoms with van der Waals surface area (Å²) in [4.78, 5) is 23.5. The molecule has 0 fully saturated rings. The number of carbonyl (C=O) groups is 2. The Bertz CT molecular complexity index is 586. The van der Waals surface area contributed by atoms with E-state index in [0.29, 0.717) is 17.9 Å². The Kier molecular flexibility index (Phi) is 4.01. The molecule has 0 aliphatic carbocycles. The quantitative estimate of drug-likeness (QED) is 0.879. The van der Waals surface area contributed by atoms with Crippen LogP contribution in [0.3, 0.4) is 0 Å². The number of aryl methyl sites for hydroxylation is 1. The molecule has 100 valence electrons. The summed E-state index contributed by atoms with van der Waals surface area (Å²) in [6.45, 7) is 1.78. The fourth-order valence-corrected chi connectivity index (χ4v) is 2.37. The highest BCUT2D eigenvalue weighted by atomic mass is 32.1. The third-order valence-electron chi connectivity index (χ3n) is 2.57. The van der Waals surface area contributed by atoms with Crippen LogP contribution in [0.2, 0.25) is 0 Å². The Morgan fingerprint density at radius 3 is 2.84 bits per heavy atom. The van der Waals surface area contributed by atoms with Gasteiger partial charge >= 0.3 is 5.97 Å². The second-order valence-corrected chi connectivity index (χ2v) is 5.05. The molecule has 2 rings (SSSR count). The first kappa shape index (κ1) is 13.4. The van der Waals surface area contributed by atoms with Gasteiger partial charge < -0.3 is 14.8 Å². The minimum absolute atomic E-state index is 0.117. The fourth-order valence-electron chi connectivity index (χ4n) is 1.66. The molecule has 0 saturated heterocycles. The molecular weight excluding hydrogens is 266 g/mol. The van der Waals surface area contributed by atoms with Crippen molar-refractivity contribution in [3.63, 3.8) is 0 Å². The van der Waals surface area contributed by atoms with Crippen molar-refractivity contribution in [1.82, 2.24) is 5.32 Å². The number of carboxylic acids is 1. The molecule has 0 aliphatic heterocycles. The first-order valence-corrected chi connectivity index (χ1v) is 6.56. The van der Waals surface area contributed by atoms with Gasteiger partial charge in [0, 0.05) is 4.88 Å². The Hall–Kier alpha value is -2.08. The molecule has 0 unspecified atom stereocenters. The number of hydrogen-bond acceptors (Lipinski definition) is 4. The zero-order chi connectivity index (χ0) is 13.8. The lowest BCUT2D eigenvalue weighted by Gasteiger charge is -2.01. The monoisotopic (exact) mass is 279 g/mol. The van der Waals surface area contributed by atoms with Crippen LogP contribution in [-0.2, 0) is 17.8 Å². The van der Waals surface area contributed by atoms with Crippen molar-refractivity contribution in [3.8, 4) is 0 Å². The van der Waals surface area contributed by atoms with Crippen LogP contribution >= 0.6 is 11.3 Å². The predicted octanol–water partition coefficient (Wildman–Crippen LogP) is 2.21. The summed E-state index contributed by atoms with van der Waals surface area (Å²) in [5, 5.41) is 13.5. The lowest BCUT2D eigenvalue weighted by molar-refractivity contribution is -0.120. The molecule has 6 heteroatoms. The van der Waals surface area contributed by atoms with Crippen molar-refractivity contribution in [2.45, 2.75) is 19.9 Å². The molecule has 1 amide bonds. The van der Waals surface area contributed by atoms with Crippen LogP contribution in [-0.4, -0.2) is 17.0 Å². The maximum absolute atomic E-state index is 11.6. The van der Waals surface area contributed by atoms with Gasteiger partial charge in [-0.1, -0.05) is 6.07 Å². The Morgan fingerprint density at radius 1 is 1.47 bits per heavy atom. The standard InChI is InChI=1S/C13H13NO4S/c1-8-11(13(16)17)5-9(18-8)7-14-12(15)6-10-3-2-4-19-10/h2-5H,6-7H2,1H3,(H,14,15)(H,16,17). The smallest absolute Gasteiger partial charge is 0.339 e. The second kappa shape index (κ2) is 5.71. The third kappa shape index (κ3) is 3.45. The van der Waals surface area contributed by atoms with Crippen LogP contribution in [0.25, 0.3) is 0 Å². The van der Waals surface area contributed by atoms with Gasteiger partial charge in [0.05, 0.1) is 13.0 Å². The summed E-state index contributed by atoms with van der Waals surface area (Å²) < 4.78 is 5.27. The molecule has 2 aromatic rings. The number of aromatic carboxylic acids is 1. The minimum atomic E-state index is -1.03. The topological polar surface area (TPSA) is 79.5 Å². The molecule has 5 nitrogen and oxygen atoms in total. The Morgan fingerprint density at radius 2 is 2.26 bits per heavy atom. The zero-order valence-corrected chi connectivity index (χ0v) is 11.1. The third-order valence-corrected chi connectivity index (χ3v) is 3.45. The van der Waals surface area contributed by atoms with Crippen LogP contribution in [0.1, 0.15) is 26.8 Å². The number of thiophene rings is 1. The molecular formula is C13H13NO4S. The molecule has 0 atom stereocenters. The van der Waals surface area contributed by atoms with E-state index in [0.717, 1.165) is 4.88 Å². The van der Waals surface area contributed by atoms with Crippen molar-refractivity contribution in [2.75, 3.05) is 0 Å². The fraction of sp³-hybridized carbons (Fsp3) is 0.231. The van der Waals surface area contributed by atoms with E-state index >= 15 is 0 Å². The molecule has 0 spiro atoms. The second-order valence-electron chi connectivity index (χ2n) is 4.02. The number of hydrogen-bond donors (Lipinski definition) is 2. The molecule has 2 aromatic heterocycles. The molecule has 2 N–H and O–H groups in total. The molecule has 0 bridgehead atoms. The number of carbonyl (C=O) groups excluding carboxylic acids is 1. The van der Waals surface area contributed by atoms with Crippen molar-refractivity contribution >= 4 is 23.2 Å². The molecule has 0 aliphatic rings. The summed E-state index contributed by atoms with van der Waals surface area (Å²) in [5.74, 6) is -0.366. The number of amides is 1. The first-order chi connectivity index (χ1) is 9.06. The molecule has 2 heterocycles. The van der Waals surface area contributed by atoms with Crippen LogP contribution in [0.5, 0.6) is 0 Å². The highest BCUT2D eigenvalue weighted by molar-refractivity contribution is 7.10. The number of carboxylic acid groups (broad SMARTS) is 1. The lowest BCUT2D eigenvalue weighted by atomic mass is 10.2. The van der Waals surface area contributed by atoms with Crippen molar-refractivity contribution < 1.29 is 19.1 Å². The normalized spacial score (nSPS) is 10.4. The van der Waals surface area contributed by atoms with E-state index in [9.17, 15) is 9.59 Å². The number of rotatable bonds is 5. The van der Waals surface area contributed by atoms with Gasteiger partial charge in [0.2, 0.25) is 5.91 Å². The predicted molar refractivity (Wildman–Crippen MR) is 70.3 cm³/mol. The van der Waals surface area contributed by atoms with Gasteiger partial charge in [-0.05, 0) is 24.4 Å². The maximum Gasteiger partial charge on any atom is 0.339 e. The van der Waals surface area contributed by atoms with E-state index in [-0.39, 0.29) is 18.0 Å². The van der Waals surface area contributed by atoms with E-state index in [4.69, 9.17) is 9.52 Å². The summed E-state index contributed by atoms with van der Waals surface area (Å²) in [6, 6.07) is 5.22. The average Bonchev–Trinajstić information content (AvgIpc) is 2.96. The van der Waals surface area contributed by atoms with Crippen LogP contribution in [0.4, 0.5) is 0 Å². The van der Waals surface area contributed by atoms with Gasteiger partial charge in [-0.2, -0.15) is 0 Å². The lowest BCUT2D eigenvalue weighted by Crippen LogP contribution is -2.23. The van der Waals surface area contributed by atoms with Gasteiger partial charge in [0.25, 0.3) is 0 Å². The van der Waals surface area contributed by atoms with Crippen molar-refractivity contribution in [2.24, 2.45) is 0 Å². The minimum Gasteiger partial charge on any atom is -0.478 e. The molecule has 0 radical (unpaired) electrons. The summed E-state index contributed by atoms with van der Waals surface area (Å²) in [7, 11) is 0. The van der Waals surface area contributed by atoms with E-state index in [2.05, 4.69) is 5.32 Å². The van der Waals surface area contributed by atoms with Crippen LogP contribution < -0.4 is 5.32 Å². The summed E-state index contributed by atoms with van der Waals surface area (Å²) in [5.41, 5.74) is 0.127. The number of furan rings is 1. The summed E-state index contributed by atoms with van der Waals surface area (Å²) in [6.07, 6.45) is 0.323. The maximum atomic E-state index is 11.6. The van der Waals surface area contributed by atoms with Gasteiger partial charge in [0.1, 0.15) is 17.1 Å². The van der Waals surface area contributed by atoms with Gasteiger partial charge in [-0.25, -0.2) is 4.79 Å². The van der Waals surface area contributed by atoms with Gasteiger partial charge in [0.15, 0.2) is 0 Å². The Balaban J connectivity index is 1.90. The van der Waals surface area contributed by atoms with E-state index in [1.54, 1.807) is 6.92 Å². The molecule has 0 aromatic carbocycles. The average molecular weight is 279 g/mol. The summed E-state index contributed by atoms with van der Waals surface area (Å²) >= 11 is 1.52. The number of nitrogens with one attached hydrogen (secondary N) is 1. The van der Waals surface area contributed by atoms with E-state index in [1.807, 2.05) is 17.5 Å². The highest BCUT2D eigenvalue weighted by Gasteiger charge is 2.14. The van der Waals surface area contributed by atoms with Crippen LogP contribution in [0.15, 0.2) is 28.0 Å². The van der Waals surface area contributed by atoms with E-state index in [1.165, 1.54) is 17.4 Å². The van der Waals surface area contributed by atoms with Gasteiger partial charge in [-0.3, -0.25) is 4.79 Å². The molecule has 19 heavy (non-hydrogen) atoms. The zero-order valence-electron chi connectivity index (χ0n) is 10.3. The van der Waals surface area contributed by atoms with Crippen LogP contribution in [0, 0.1) is 6.92 Å².